The van der Waals surface area contributed by atoms with Gasteiger partial charge in [0.15, 0.2) is 0 Å². The van der Waals surface area contributed by atoms with E-state index >= 15 is 0 Å². The first-order valence-corrected chi connectivity index (χ1v) is 5.09. The van der Waals surface area contributed by atoms with Crippen LogP contribution in [0.15, 0.2) is 0 Å². The largest absolute Gasteiger partial charge is 0.391 e. The van der Waals surface area contributed by atoms with Crippen molar-refractivity contribution < 1.29 is 22.8 Å². The lowest BCUT2D eigenvalue weighted by molar-refractivity contribution is -0.183. The molecule has 0 saturated heterocycles. The SMILES string of the molecule is CONC(=O)N[C@H]1CCC[C@H](C(F)(F)F)C1. The second-order valence-corrected chi connectivity index (χ2v) is 3.88. The van der Waals surface area contributed by atoms with Crippen LogP contribution in [0, 0.1) is 5.92 Å². The van der Waals surface area contributed by atoms with Crippen LogP contribution < -0.4 is 10.8 Å². The predicted octanol–water partition coefficient (Wildman–Crippen LogP) is 1.97. The second kappa shape index (κ2) is 5.38. The molecule has 2 N–H and O–H groups in total. The Morgan fingerprint density at radius 2 is 2.06 bits per heavy atom. The van der Waals surface area contributed by atoms with Crippen molar-refractivity contribution in [2.45, 2.75) is 37.9 Å². The summed E-state index contributed by atoms with van der Waals surface area (Å²) in [5, 5.41) is 2.45. The fourth-order valence-electron chi connectivity index (χ4n) is 1.93. The zero-order valence-electron chi connectivity index (χ0n) is 8.93. The lowest BCUT2D eigenvalue weighted by Gasteiger charge is -2.30. The van der Waals surface area contributed by atoms with E-state index in [2.05, 4.69) is 10.2 Å². The van der Waals surface area contributed by atoms with Crippen molar-refractivity contribution in [2.24, 2.45) is 5.92 Å². The minimum atomic E-state index is -4.17. The second-order valence-electron chi connectivity index (χ2n) is 3.88. The van der Waals surface area contributed by atoms with Crippen LogP contribution in [0.4, 0.5) is 18.0 Å². The Labute approximate surface area is 91.5 Å². The molecular weight excluding hydrogens is 225 g/mol. The maximum atomic E-state index is 12.4. The van der Waals surface area contributed by atoms with Gasteiger partial charge in [0.05, 0.1) is 13.0 Å². The lowest BCUT2D eigenvalue weighted by atomic mass is 9.85. The molecule has 1 rings (SSSR count). The molecule has 0 radical (unpaired) electrons. The summed E-state index contributed by atoms with van der Waals surface area (Å²) in [7, 11) is 1.26. The third-order valence-corrected chi connectivity index (χ3v) is 2.67. The fourth-order valence-corrected chi connectivity index (χ4v) is 1.93. The van der Waals surface area contributed by atoms with E-state index in [1.807, 2.05) is 5.48 Å². The van der Waals surface area contributed by atoms with Gasteiger partial charge >= 0.3 is 12.2 Å². The van der Waals surface area contributed by atoms with Crippen LogP contribution in [0.2, 0.25) is 0 Å². The molecule has 0 aromatic heterocycles. The molecule has 94 valence electrons. The van der Waals surface area contributed by atoms with Crippen molar-refractivity contribution in [2.75, 3.05) is 7.11 Å². The molecule has 1 aliphatic carbocycles. The van der Waals surface area contributed by atoms with E-state index in [0.717, 1.165) is 0 Å². The zero-order chi connectivity index (χ0) is 12.2. The number of carbonyl (C=O) groups is 1. The number of amides is 2. The van der Waals surface area contributed by atoms with Gasteiger partial charge in [-0.3, -0.25) is 4.84 Å². The van der Waals surface area contributed by atoms with Gasteiger partial charge in [-0.2, -0.15) is 13.2 Å². The van der Waals surface area contributed by atoms with Crippen LogP contribution in [0.25, 0.3) is 0 Å². The van der Waals surface area contributed by atoms with Crippen molar-refractivity contribution >= 4 is 6.03 Å². The first-order valence-electron chi connectivity index (χ1n) is 5.09. The van der Waals surface area contributed by atoms with Gasteiger partial charge < -0.3 is 5.32 Å². The molecule has 0 spiro atoms. The number of alkyl halides is 3. The minimum Gasteiger partial charge on any atom is -0.334 e. The summed E-state index contributed by atoms with van der Waals surface area (Å²) in [6.07, 6.45) is -3.03. The molecule has 2 atom stereocenters. The highest BCUT2D eigenvalue weighted by molar-refractivity contribution is 5.72. The molecule has 0 aromatic carbocycles. The maximum Gasteiger partial charge on any atom is 0.391 e. The van der Waals surface area contributed by atoms with Crippen LogP contribution >= 0.6 is 0 Å². The topological polar surface area (TPSA) is 50.4 Å². The summed E-state index contributed by atoms with van der Waals surface area (Å²) in [5.74, 6) is -1.31. The molecule has 0 aliphatic heterocycles. The monoisotopic (exact) mass is 240 g/mol. The maximum absolute atomic E-state index is 12.4. The molecule has 0 unspecified atom stereocenters. The minimum absolute atomic E-state index is 0.0549. The first kappa shape index (κ1) is 13.1. The van der Waals surface area contributed by atoms with Gasteiger partial charge in [-0.25, -0.2) is 10.3 Å². The van der Waals surface area contributed by atoms with E-state index in [1.54, 1.807) is 0 Å². The van der Waals surface area contributed by atoms with Crippen LogP contribution in [0.1, 0.15) is 25.7 Å². The van der Waals surface area contributed by atoms with Gasteiger partial charge in [0, 0.05) is 6.04 Å². The van der Waals surface area contributed by atoms with E-state index in [4.69, 9.17) is 0 Å². The summed E-state index contributed by atoms with van der Waals surface area (Å²) in [5.41, 5.74) is 2.02. The summed E-state index contributed by atoms with van der Waals surface area (Å²) >= 11 is 0. The van der Waals surface area contributed by atoms with Crippen LogP contribution in [0.5, 0.6) is 0 Å². The summed E-state index contributed by atoms with van der Waals surface area (Å²) in [4.78, 5) is 15.4. The van der Waals surface area contributed by atoms with Crippen molar-refractivity contribution in [1.29, 1.82) is 0 Å². The number of urea groups is 1. The summed E-state index contributed by atoms with van der Waals surface area (Å²) in [6, 6.07) is -1.04. The van der Waals surface area contributed by atoms with E-state index in [9.17, 15) is 18.0 Å². The number of carbonyl (C=O) groups excluding carboxylic acids is 1. The Bertz CT molecular complexity index is 245. The van der Waals surface area contributed by atoms with E-state index in [1.165, 1.54) is 7.11 Å². The highest BCUT2D eigenvalue weighted by Crippen LogP contribution is 2.37. The highest BCUT2D eigenvalue weighted by Gasteiger charge is 2.42. The predicted molar refractivity (Wildman–Crippen MR) is 50.5 cm³/mol. The zero-order valence-corrected chi connectivity index (χ0v) is 8.93. The Morgan fingerprint density at radius 3 is 2.62 bits per heavy atom. The molecule has 1 fully saturated rings. The normalized spacial score (nSPS) is 26.2. The van der Waals surface area contributed by atoms with Crippen LogP contribution in [0.3, 0.4) is 0 Å². The Hall–Kier alpha value is -0.980. The van der Waals surface area contributed by atoms with E-state index < -0.39 is 24.2 Å². The molecule has 0 bridgehead atoms. The molecule has 2 amide bonds. The fraction of sp³-hybridized carbons (Fsp3) is 0.889. The Morgan fingerprint density at radius 1 is 1.38 bits per heavy atom. The summed E-state index contributed by atoms with van der Waals surface area (Å²) in [6.45, 7) is 0. The number of hydrogen-bond acceptors (Lipinski definition) is 2. The van der Waals surface area contributed by atoms with Crippen molar-refractivity contribution in [3.05, 3.63) is 0 Å². The number of rotatable bonds is 2. The lowest BCUT2D eigenvalue weighted by Crippen LogP contribution is -2.45. The van der Waals surface area contributed by atoms with Crippen LogP contribution in [-0.2, 0) is 4.84 Å². The molecular formula is C9H15F3N2O2. The average molecular weight is 240 g/mol. The van der Waals surface area contributed by atoms with Crippen molar-refractivity contribution in [3.8, 4) is 0 Å². The molecule has 1 saturated carbocycles. The van der Waals surface area contributed by atoms with Gasteiger partial charge in [0.2, 0.25) is 0 Å². The molecule has 0 aromatic rings. The van der Waals surface area contributed by atoms with Gasteiger partial charge in [-0.1, -0.05) is 6.42 Å². The number of hydroxylamine groups is 1. The number of halogens is 3. The molecule has 4 nitrogen and oxygen atoms in total. The first-order chi connectivity index (χ1) is 7.43. The van der Waals surface area contributed by atoms with Gasteiger partial charge in [-0.05, 0) is 19.3 Å². The molecule has 1 aliphatic rings. The number of hydrogen-bond donors (Lipinski definition) is 2. The van der Waals surface area contributed by atoms with Crippen molar-refractivity contribution in [1.82, 2.24) is 10.8 Å². The summed E-state index contributed by atoms with van der Waals surface area (Å²) < 4.78 is 37.3. The third kappa shape index (κ3) is 3.88. The molecule has 0 heterocycles. The Balaban J connectivity index is 2.42. The van der Waals surface area contributed by atoms with E-state index in [-0.39, 0.29) is 12.8 Å². The van der Waals surface area contributed by atoms with Gasteiger partial charge in [0.25, 0.3) is 0 Å². The Kier molecular flexibility index (Phi) is 4.40. The quantitative estimate of drug-likeness (QED) is 0.725. The number of nitrogens with one attached hydrogen (secondary N) is 2. The third-order valence-electron chi connectivity index (χ3n) is 2.67. The van der Waals surface area contributed by atoms with Crippen LogP contribution in [-0.4, -0.2) is 25.4 Å². The average Bonchev–Trinajstić information content (AvgIpc) is 2.17. The van der Waals surface area contributed by atoms with Gasteiger partial charge in [0.1, 0.15) is 0 Å². The van der Waals surface area contributed by atoms with E-state index in [0.29, 0.717) is 12.8 Å². The van der Waals surface area contributed by atoms with Gasteiger partial charge in [-0.15, -0.1) is 0 Å². The molecule has 7 heteroatoms. The van der Waals surface area contributed by atoms with Crippen molar-refractivity contribution in [3.63, 3.8) is 0 Å². The smallest absolute Gasteiger partial charge is 0.334 e. The molecule has 16 heavy (non-hydrogen) atoms. The standard InChI is InChI=1S/C9H15F3N2O2/c1-16-14-8(15)13-7-4-2-3-6(5-7)9(10,11)12/h6-7H,2-5H2,1H3,(H2,13,14,15)/t6-,7-/m0/s1. The highest BCUT2D eigenvalue weighted by atomic mass is 19.4.